The van der Waals surface area contributed by atoms with Crippen LogP contribution in [0, 0.1) is 30.6 Å². The van der Waals surface area contributed by atoms with E-state index in [1.165, 1.54) is 59.3 Å². The van der Waals surface area contributed by atoms with Crippen LogP contribution >= 0.6 is 0 Å². The molecule has 5 bridgehead atoms. The lowest BCUT2D eigenvalue weighted by Gasteiger charge is -2.38. The van der Waals surface area contributed by atoms with Crippen LogP contribution < -0.4 is 14.8 Å². The van der Waals surface area contributed by atoms with Gasteiger partial charge in [-0.3, -0.25) is 19.2 Å². The molecule has 15 nitrogen and oxygen atoms in total. The molecule has 15 heteroatoms. The largest absolute Gasteiger partial charge is 0.507 e. The van der Waals surface area contributed by atoms with Gasteiger partial charge in [0.05, 0.1) is 41.2 Å². The third-order valence-corrected chi connectivity index (χ3v) is 12.4. The Morgan fingerprint density at radius 3 is 2.27 bits per heavy atom. The molecule has 1 fully saturated rings. The van der Waals surface area contributed by atoms with E-state index in [1.54, 1.807) is 51.8 Å². The Bertz CT molecular complexity index is 2070. The van der Waals surface area contributed by atoms with Crippen LogP contribution in [0.3, 0.4) is 0 Å². The summed E-state index contributed by atoms with van der Waals surface area (Å²) in [6.07, 6.45) is 7.37. The first-order chi connectivity index (χ1) is 28.2. The SMILES string of the molecule is CO[C@H]1/C=C/O[C@@]2(C)Oc3c(C)c(O)c4c(O)c(cc(OCC(=O)N(C)C5CCCC5)c4c3C2=O)NC(=O)/C(C)=C\C=C\[C@@H](C)[C@@H](O)[C@@H](C)[C@H](O)[C@@H](C)[C@H](OC(C)=O)[C@@H]1C. The number of aliphatic hydroxyl groups excluding tert-OH is 2. The number of aliphatic hydroxyl groups is 2. The first-order valence-corrected chi connectivity index (χ1v) is 20.5. The number of phenols is 2. The number of nitrogens with one attached hydrogen (secondary N) is 1. The van der Waals surface area contributed by atoms with Crippen LogP contribution in [-0.4, -0.2) is 106 Å². The van der Waals surface area contributed by atoms with Gasteiger partial charge in [0.25, 0.3) is 17.6 Å². The van der Waals surface area contributed by atoms with Gasteiger partial charge in [-0.25, -0.2) is 0 Å². The van der Waals surface area contributed by atoms with Crippen LogP contribution in [0.1, 0.15) is 90.1 Å². The van der Waals surface area contributed by atoms with Gasteiger partial charge in [-0.15, -0.1) is 0 Å². The predicted molar refractivity (Wildman–Crippen MR) is 223 cm³/mol. The average molecular weight is 837 g/mol. The molecule has 9 atom stereocenters. The lowest BCUT2D eigenvalue weighted by Crippen LogP contribution is -2.46. The zero-order valence-corrected chi connectivity index (χ0v) is 36.1. The van der Waals surface area contributed by atoms with E-state index in [1.807, 2.05) is 0 Å². The zero-order chi connectivity index (χ0) is 44.4. The Balaban J connectivity index is 1.66. The molecule has 2 amide bonds. The summed E-state index contributed by atoms with van der Waals surface area (Å²) < 4.78 is 29.9. The van der Waals surface area contributed by atoms with Crippen molar-refractivity contribution in [1.29, 1.82) is 0 Å². The number of carbonyl (C=O) groups is 4. The van der Waals surface area contributed by atoms with Gasteiger partial charge < -0.3 is 54.3 Å². The summed E-state index contributed by atoms with van der Waals surface area (Å²) >= 11 is 0. The molecule has 0 unspecified atom stereocenters. The molecule has 328 valence electrons. The van der Waals surface area contributed by atoms with Crippen molar-refractivity contribution in [3.05, 3.63) is 53.3 Å². The second-order valence-electron chi connectivity index (χ2n) is 16.6. The van der Waals surface area contributed by atoms with Gasteiger partial charge in [-0.05, 0) is 32.8 Å². The number of rotatable bonds is 6. The highest BCUT2D eigenvalue weighted by Gasteiger charge is 2.50. The number of carbonyl (C=O) groups excluding carboxylic acids is 4. The number of ether oxygens (including phenoxy) is 5. The van der Waals surface area contributed by atoms with E-state index >= 15 is 0 Å². The van der Waals surface area contributed by atoms with Crippen molar-refractivity contribution in [3.63, 3.8) is 0 Å². The Morgan fingerprint density at radius 1 is 0.967 bits per heavy atom. The van der Waals surface area contributed by atoms with Crippen LogP contribution in [0.5, 0.6) is 23.0 Å². The number of phenolic OH excluding ortho intramolecular Hbond substituents is 2. The van der Waals surface area contributed by atoms with E-state index in [-0.39, 0.29) is 56.6 Å². The van der Waals surface area contributed by atoms with Crippen molar-refractivity contribution in [2.45, 2.75) is 117 Å². The fraction of sp³-hybridized carbons (Fsp3) is 0.556. The van der Waals surface area contributed by atoms with E-state index in [2.05, 4.69) is 5.32 Å². The number of nitrogens with zero attached hydrogens (tertiary/aromatic N) is 1. The van der Waals surface area contributed by atoms with Crippen LogP contribution in [0.15, 0.2) is 42.2 Å². The topological polar surface area (TPSA) is 211 Å². The maximum atomic E-state index is 14.5. The molecule has 1 aliphatic carbocycles. The summed E-state index contributed by atoms with van der Waals surface area (Å²) in [5, 5.41) is 48.6. The monoisotopic (exact) mass is 836 g/mol. The number of anilines is 1. The van der Waals surface area contributed by atoms with Gasteiger partial charge in [0, 0.05) is 80.3 Å². The number of esters is 1. The highest BCUT2D eigenvalue weighted by atomic mass is 16.7. The Kier molecular flexibility index (Phi) is 14.3. The number of hydrogen-bond donors (Lipinski definition) is 5. The fourth-order valence-corrected chi connectivity index (χ4v) is 8.48. The highest BCUT2D eigenvalue weighted by Crippen LogP contribution is 2.54. The smallest absolute Gasteiger partial charge is 0.312 e. The lowest BCUT2D eigenvalue weighted by molar-refractivity contribution is -0.160. The molecule has 0 saturated heterocycles. The van der Waals surface area contributed by atoms with Crippen molar-refractivity contribution in [3.8, 4) is 23.0 Å². The molecule has 60 heavy (non-hydrogen) atoms. The van der Waals surface area contributed by atoms with E-state index in [9.17, 15) is 39.6 Å². The molecule has 5 N–H and O–H groups in total. The van der Waals surface area contributed by atoms with Gasteiger partial charge in [0.15, 0.2) is 12.4 Å². The lowest BCUT2D eigenvalue weighted by atomic mass is 9.78. The number of benzene rings is 2. The molecule has 0 radical (unpaired) electrons. The Hall–Kier alpha value is -5.12. The summed E-state index contributed by atoms with van der Waals surface area (Å²) in [5.41, 5.74) is 0.0258. The number of likely N-dealkylation sites (N-methyl/N-ethyl adjacent to an activating group) is 1. The molecular weight excluding hydrogens is 776 g/mol. The minimum Gasteiger partial charge on any atom is -0.507 e. The van der Waals surface area contributed by atoms with Gasteiger partial charge in [0.1, 0.15) is 23.4 Å². The number of fused-ring (bicyclic) bond motifs is 14. The number of Topliss-reactive ketones (excluding diaryl/α,β-unsaturated/α-hetero) is 1. The minimum atomic E-state index is -2.02. The van der Waals surface area contributed by atoms with E-state index < -0.39 is 89.6 Å². The minimum absolute atomic E-state index is 0.0487. The van der Waals surface area contributed by atoms with Crippen LogP contribution in [-0.2, 0) is 28.6 Å². The second kappa shape index (κ2) is 18.7. The summed E-state index contributed by atoms with van der Waals surface area (Å²) in [6, 6.07) is 1.34. The first-order valence-electron chi connectivity index (χ1n) is 20.5. The first kappa shape index (κ1) is 46.0. The molecule has 3 heterocycles. The fourth-order valence-electron chi connectivity index (χ4n) is 8.48. The molecule has 2 aromatic rings. The molecule has 2 aromatic carbocycles. The quantitative estimate of drug-likeness (QED) is 0.172. The Morgan fingerprint density at radius 2 is 1.63 bits per heavy atom. The van der Waals surface area contributed by atoms with Crippen molar-refractivity contribution in [2.75, 3.05) is 26.1 Å². The van der Waals surface area contributed by atoms with E-state index in [4.69, 9.17) is 23.7 Å². The van der Waals surface area contributed by atoms with Crippen molar-refractivity contribution in [2.24, 2.45) is 23.7 Å². The maximum absolute atomic E-state index is 14.5. The van der Waals surface area contributed by atoms with Crippen molar-refractivity contribution >= 4 is 40.0 Å². The number of methoxy groups -OCH3 is 1. The number of ketones is 1. The normalized spacial score (nSPS) is 31.2. The van der Waals surface area contributed by atoms with Gasteiger partial charge >= 0.3 is 11.8 Å². The molecule has 0 spiro atoms. The number of hydrogen-bond acceptors (Lipinski definition) is 13. The number of amides is 2. The van der Waals surface area contributed by atoms with Gasteiger partial charge in [-0.1, -0.05) is 58.8 Å². The van der Waals surface area contributed by atoms with E-state index in [0.717, 1.165) is 25.7 Å². The summed E-state index contributed by atoms with van der Waals surface area (Å²) in [6.45, 7) is 12.1. The van der Waals surface area contributed by atoms with E-state index in [0.29, 0.717) is 0 Å². The highest BCUT2D eigenvalue weighted by molar-refractivity contribution is 6.21. The molecular formula is C45H60N2O13. The Labute approximate surface area is 351 Å². The van der Waals surface area contributed by atoms with Crippen LogP contribution in [0.2, 0.25) is 0 Å². The van der Waals surface area contributed by atoms with Gasteiger partial charge in [0.2, 0.25) is 0 Å². The summed E-state index contributed by atoms with van der Waals surface area (Å²) in [7, 11) is 3.15. The number of allylic oxidation sites excluding steroid dienone is 2. The standard InChI is InChI=1S/C45H60N2O13/c1-22-14-13-15-23(2)44(55)46-30-20-32(57-21-33(49)47(9)29-16-11-12-17-29)34-35(40(30)53)39(52)27(6)42-36(34)43(54)45(8,60-42)58-19-18-31(56-10)24(3)41(59-28(7)48)26(5)38(51)25(4)37(22)50/h13-15,18-20,22,24-26,29,31,37-38,41,50-53H,11-12,16-17,21H2,1-10H3,(H,46,55)/b14-13+,19-18+,23-15-/t22-,24-,25-,26-,31+,37-,38+,41-,45+/m1/s1. The average Bonchev–Trinajstić information content (AvgIpc) is 3.85. The molecule has 4 aliphatic rings. The number of aromatic hydroxyl groups is 2. The molecule has 1 saturated carbocycles. The third kappa shape index (κ3) is 9.13. The second-order valence-corrected chi connectivity index (χ2v) is 16.6. The molecule has 0 aromatic heterocycles. The molecule has 3 aliphatic heterocycles. The summed E-state index contributed by atoms with van der Waals surface area (Å²) in [4.78, 5) is 55.5. The van der Waals surface area contributed by atoms with Crippen molar-refractivity contribution in [1.82, 2.24) is 4.90 Å². The van der Waals surface area contributed by atoms with Crippen LogP contribution in [0.25, 0.3) is 10.8 Å². The third-order valence-electron chi connectivity index (χ3n) is 12.4. The predicted octanol–water partition coefficient (Wildman–Crippen LogP) is 5.83. The maximum Gasteiger partial charge on any atom is 0.312 e. The van der Waals surface area contributed by atoms with Crippen LogP contribution in [0.4, 0.5) is 5.69 Å². The zero-order valence-electron chi connectivity index (χ0n) is 36.1. The molecule has 6 rings (SSSR count). The van der Waals surface area contributed by atoms with Crippen molar-refractivity contribution < 1.29 is 63.3 Å². The van der Waals surface area contributed by atoms with Gasteiger partial charge in [-0.2, -0.15) is 0 Å². The summed E-state index contributed by atoms with van der Waals surface area (Å²) in [5.74, 6) is -7.91.